The highest BCUT2D eigenvalue weighted by atomic mass is 16.5. The molecule has 0 aromatic heterocycles. The van der Waals surface area contributed by atoms with Crippen LogP contribution in [0.4, 0.5) is 0 Å². The van der Waals surface area contributed by atoms with Crippen LogP contribution in [0.25, 0.3) is 0 Å². The molecule has 2 nitrogen and oxygen atoms in total. The van der Waals surface area contributed by atoms with E-state index in [1.54, 1.807) is 0 Å². The quantitative estimate of drug-likeness (QED) is 0.735. The highest BCUT2D eigenvalue weighted by Crippen LogP contribution is 2.24. The van der Waals surface area contributed by atoms with Gasteiger partial charge in [-0.1, -0.05) is 18.2 Å². The molecule has 0 saturated carbocycles. The summed E-state index contributed by atoms with van der Waals surface area (Å²) in [5.41, 5.74) is 0.274. The topological polar surface area (TPSA) is 12.5 Å². The lowest BCUT2D eigenvalue weighted by Gasteiger charge is -2.47. The zero-order valence-electron chi connectivity index (χ0n) is 9.73. The molecule has 15 heavy (non-hydrogen) atoms. The van der Waals surface area contributed by atoms with E-state index in [0.29, 0.717) is 6.10 Å². The maximum atomic E-state index is 5.83. The Labute approximate surface area is 91.9 Å². The van der Waals surface area contributed by atoms with Gasteiger partial charge in [0.25, 0.3) is 0 Å². The molecular weight excluding hydrogens is 186 g/mol. The van der Waals surface area contributed by atoms with Crippen LogP contribution in [0, 0.1) is 0 Å². The molecule has 0 bridgehead atoms. The molecule has 1 fully saturated rings. The van der Waals surface area contributed by atoms with E-state index in [1.807, 2.05) is 30.3 Å². The van der Waals surface area contributed by atoms with E-state index in [0.717, 1.165) is 18.8 Å². The van der Waals surface area contributed by atoms with Crippen molar-refractivity contribution in [3.8, 4) is 5.75 Å². The number of hydrogen-bond donors (Lipinski definition) is 0. The number of nitrogens with zero attached hydrogens (tertiary/aromatic N) is 1. The molecule has 2 rings (SSSR count). The number of hydrogen-bond acceptors (Lipinski definition) is 2. The van der Waals surface area contributed by atoms with Gasteiger partial charge >= 0.3 is 0 Å². The fourth-order valence-electron chi connectivity index (χ4n) is 1.75. The first kappa shape index (κ1) is 10.5. The summed E-state index contributed by atoms with van der Waals surface area (Å²) in [6.07, 6.45) is 0.367. The summed E-state index contributed by atoms with van der Waals surface area (Å²) in [5, 5.41) is 0. The fourth-order valence-corrected chi connectivity index (χ4v) is 1.75. The molecule has 1 aromatic rings. The van der Waals surface area contributed by atoms with Crippen LogP contribution in [0.3, 0.4) is 0 Å². The lowest BCUT2D eigenvalue weighted by atomic mass is 9.99. The van der Waals surface area contributed by atoms with E-state index in [4.69, 9.17) is 4.74 Å². The highest BCUT2D eigenvalue weighted by Gasteiger charge is 2.35. The minimum absolute atomic E-state index is 0.274. The SMILES string of the molecule is CC(C)(C)N1CC(Oc2ccccc2)C1. The highest BCUT2D eigenvalue weighted by molar-refractivity contribution is 5.21. The predicted molar refractivity (Wildman–Crippen MR) is 62.2 cm³/mol. The Morgan fingerprint density at radius 1 is 1.13 bits per heavy atom. The number of para-hydroxylation sites is 1. The van der Waals surface area contributed by atoms with Crippen LogP contribution in [-0.2, 0) is 0 Å². The van der Waals surface area contributed by atoms with Crippen molar-refractivity contribution in [1.29, 1.82) is 0 Å². The molecule has 2 heteroatoms. The lowest BCUT2D eigenvalue weighted by Crippen LogP contribution is -2.60. The molecule has 1 aromatic carbocycles. The largest absolute Gasteiger partial charge is 0.488 e. The molecule has 82 valence electrons. The summed E-state index contributed by atoms with van der Waals surface area (Å²) in [6, 6.07) is 10.1. The van der Waals surface area contributed by atoms with Crippen molar-refractivity contribution in [2.45, 2.75) is 32.4 Å². The maximum absolute atomic E-state index is 5.83. The van der Waals surface area contributed by atoms with E-state index in [2.05, 4.69) is 25.7 Å². The van der Waals surface area contributed by atoms with E-state index in [9.17, 15) is 0 Å². The molecule has 0 atom stereocenters. The molecule has 0 spiro atoms. The molecular formula is C13H19NO. The molecule has 1 aliphatic heterocycles. The summed E-state index contributed by atoms with van der Waals surface area (Å²) in [6.45, 7) is 8.81. The normalized spacial score (nSPS) is 18.6. The van der Waals surface area contributed by atoms with Crippen molar-refractivity contribution in [2.75, 3.05) is 13.1 Å². The van der Waals surface area contributed by atoms with Gasteiger partial charge in [0, 0.05) is 18.6 Å². The van der Waals surface area contributed by atoms with Crippen molar-refractivity contribution >= 4 is 0 Å². The van der Waals surface area contributed by atoms with Crippen molar-refractivity contribution in [3.05, 3.63) is 30.3 Å². The lowest BCUT2D eigenvalue weighted by molar-refractivity contribution is -0.0349. The maximum Gasteiger partial charge on any atom is 0.124 e. The molecule has 0 N–H and O–H groups in total. The predicted octanol–water partition coefficient (Wildman–Crippen LogP) is 2.55. The van der Waals surface area contributed by atoms with Crippen LogP contribution >= 0.6 is 0 Å². The molecule has 0 amide bonds. The van der Waals surface area contributed by atoms with Gasteiger partial charge in [-0.2, -0.15) is 0 Å². The Balaban J connectivity index is 1.82. The molecule has 1 heterocycles. The van der Waals surface area contributed by atoms with Gasteiger partial charge in [-0.15, -0.1) is 0 Å². The zero-order valence-corrected chi connectivity index (χ0v) is 9.73. The van der Waals surface area contributed by atoms with Crippen LogP contribution < -0.4 is 4.74 Å². The first-order valence-corrected chi connectivity index (χ1v) is 5.52. The third-order valence-electron chi connectivity index (χ3n) is 2.84. The van der Waals surface area contributed by atoms with Gasteiger partial charge in [0.05, 0.1) is 0 Å². The second kappa shape index (κ2) is 3.86. The number of likely N-dealkylation sites (tertiary alicyclic amines) is 1. The van der Waals surface area contributed by atoms with E-state index >= 15 is 0 Å². The molecule has 1 aliphatic rings. The van der Waals surface area contributed by atoms with Gasteiger partial charge in [0.1, 0.15) is 11.9 Å². The van der Waals surface area contributed by atoms with Gasteiger partial charge in [0.2, 0.25) is 0 Å². The van der Waals surface area contributed by atoms with Crippen LogP contribution in [0.2, 0.25) is 0 Å². The minimum Gasteiger partial charge on any atom is -0.488 e. The Kier molecular flexibility index (Phi) is 2.70. The van der Waals surface area contributed by atoms with E-state index in [1.165, 1.54) is 0 Å². The van der Waals surface area contributed by atoms with Crippen molar-refractivity contribution < 1.29 is 4.74 Å². The van der Waals surface area contributed by atoms with Crippen molar-refractivity contribution in [2.24, 2.45) is 0 Å². The Bertz CT molecular complexity index is 309. The minimum atomic E-state index is 0.274. The first-order valence-electron chi connectivity index (χ1n) is 5.52. The summed E-state index contributed by atoms with van der Waals surface area (Å²) < 4.78 is 5.83. The van der Waals surface area contributed by atoms with Gasteiger partial charge in [0.15, 0.2) is 0 Å². The summed E-state index contributed by atoms with van der Waals surface area (Å²) >= 11 is 0. The van der Waals surface area contributed by atoms with Crippen LogP contribution in [0.15, 0.2) is 30.3 Å². The first-order chi connectivity index (χ1) is 7.05. The summed E-state index contributed by atoms with van der Waals surface area (Å²) in [7, 11) is 0. The molecule has 0 aliphatic carbocycles. The van der Waals surface area contributed by atoms with Gasteiger partial charge in [-0.05, 0) is 32.9 Å². The molecule has 0 unspecified atom stereocenters. The number of benzene rings is 1. The fraction of sp³-hybridized carbons (Fsp3) is 0.538. The Hall–Kier alpha value is -1.02. The van der Waals surface area contributed by atoms with Gasteiger partial charge < -0.3 is 4.74 Å². The summed E-state index contributed by atoms with van der Waals surface area (Å²) in [4.78, 5) is 2.43. The third kappa shape index (κ3) is 2.51. The monoisotopic (exact) mass is 205 g/mol. The Morgan fingerprint density at radius 3 is 2.27 bits per heavy atom. The van der Waals surface area contributed by atoms with Gasteiger partial charge in [-0.25, -0.2) is 0 Å². The second-order valence-corrected chi connectivity index (χ2v) is 5.13. The standard InChI is InChI=1S/C13H19NO/c1-13(2,3)14-9-12(10-14)15-11-7-5-4-6-8-11/h4-8,12H,9-10H2,1-3H3. The van der Waals surface area contributed by atoms with Gasteiger partial charge in [-0.3, -0.25) is 4.90 Å². The Morgan fingerprint density at radius 2 is 1.73 bits per heavy atom. The van der Waals surface area contributed by atoms with E-state index < -0.39 is 0 Å². The second-order valence-electron chi connectivity index (χ2n) is 5.13. The zero-order chi connectivity index (χ0) is 10.9. The average molecular weight is 205 g/mol. The molecule has 1 saturated heterocycles. The average Bonchev–Trinajstić information content (AvgIpc) is 2.10. The smallest absolute Gasteiger partial charge is 0.124 e. The number of rotatable bonds is 2. The third-order valence-corrected chi connectivity index (χ3v) is 2.84. The van der Waals surface area contributed by atoms with Crippen molar-refractivity contribution in [3.63, 3.8) is 0 Å². The molecule has 0 radical (unpaired) electrons. The van der Waals surface area contributed by atoms with Crippen LogP contribution in [0.1, 0.15) is 20.8 Å². The van der Waals surface area contributed by atoms with E-state index in [-0.39, 0.29) is 5.54 Å². The number of ether oxygens (including phenoxy) is 1. The summed E-state index contributed by atoms with van der Waals surface area (Å²) in [5.74, 6) is 0.982. The van der Waals surface area contributed by atoms with Crippen molar-refractivity contribution in [1.82, 2.24) is 4.90 Å². The van der Waals surface area contributed by atoms with Crippen LogP contribution in [-0.4, -0.2) is 29.6 Å². The van der Waals surface area contributed by atoms with Crippen LogP contribution in [0.5, 0.6) is 5.75 Å².